The van der Waals surface area contributed by atoms with E-state index >= 15 is 0 Å². The molecule has 1 aromatic rings. The number of likely N-dealkylation sites (N-methyl/N-ethyl adjacent to an activating group) is 1. The van der Waals surface area contributed by atoms with Crippen LogP contribution in [0.15, 0.2) is 17.5 Å². The quantitative estimate of drug-likeness (QED) is 0.843. The first-order valence-corrected chi connectivity index (χ1v) is 6.62. The van der Waals surface area contributed by atoms with Gasteiger partial charge >= 0.3 is 0 Å². The number of thiophene rings is 1. The van der Waals surface area contributed by atoms with Crippen molar-refractivity contribution < 1.29 is 0 Å². The van der Waals surface area contributed by atoms with Crippen molar-refractivity contribution in [3.8, 4) is 0 Å². The summed E-state index contributed by atoms with van der Waals surface area (Å²) in [5.74, 6) is 0.829. The summed E-state index contributed by atoms with van der Waals surface area (Å²) >= 11 is 1.86. The van der Waals surface area contributed by atoms with Crippen molar-refractivity contribution in [3.63, 3.8) is 0 Å². The summed E-state index contributed by atoms with van der Waals surface area (Å²) in [6.45, 7) is 5.74. The number of rotatable bonds is 4. The Morgan fingerprint density at radius 1 is 1.53 bits per heavy atom. The van der Waals surface area contributed by atoms with Crippen molar-refractivity contribution in [2.75, 3.05) is 20.1 Å². The molecular formula is C12H20N2S. The average molecular weight is 224 g/mol. The van der Waals surface area contributed by atoms with Crippen molar-refractivity contribution in [2.24, 2.45) is 5.92 Å². The summed E-state index contributed by atoms with van der Waals surface area (Å²) in [6, 6.07) is 5.08. The highest BCUT2D eigenvalue weighted by Crippen LogP contribution is 2.20. The SMILES string of the molecule is CCC1CNCC1N(C)Cc1cccs1. The van der Waals surface area contributed by atoms with Gasteiger partial charge in [0.05, 0.1) is 0 Å². The second-order valence-electron chi connectivity index (χ2n) is 4.39. The number of hydrogen-bond donors (Lipinski definition) is 1. The molecule has 0 aromatic carbocycles. The molecule has 2 unspecified atom stereocenters. The highest BCUT2D eigenvalue weighted by Gasteiger charge is 2.28. The maximum Gasteiger partial charge on any atom is 0.0328 e. The molecule has 3 heteroatoms. The van der Waals surface area contributed by atoms with Crippen LogP contribution >= 0.6 is 11.3 Å². The van der Waals surface area contributed by atoms with Crippen molar-refractivity contribution in [1.82, 2.24) is 10.2 Å². The molecule has 1 aliphatic heterocycles. The summed E-state index contributed by atoms with van der Waals surface area (Å²) in [5.41, 5.74) is 0. The number of hydrogen-bond acceptors (Lipinski definition) is 3. The third-order valence-electron chi connectivity index (χ3n) is 3.38. The Morgan fingerprint density at radius 2 is 2.40 bits per heavy atom. The zero-order valence-electron chi connectivity index (χ0n) is 9.57. The fourth-order valence-corrected chi connectivity index (χ4v) is 3.18. The Labute approximate surface area is 96.3 Å². The second kappa shape index (κ2) is 5.10. The van der Waals surface area contributed by atoms with Gasteiger partial charge in [0.2, 0.25) is 0 Å². The van der Waals surface area contributed by atoms with Gasteiger partial charge in [0, 0.05) is 24.0 Å². The molecule has 2 rings (SSSR count). The van der Waals surface area contributed by atoms with Crippen LogP contribution in [0.1, 0.15) is 18.2 Å². The molecule has 1 N–H and O–H groups in total. The smallest absolute Gasteiger partial charge is 0.0328 e. The molecule has 1 aromatic heterocycles. The van der Waals surface area contributed by atoms with Crippen LogP contribution in [0, 0.1) is 5.92 Å². The first-order valence-electron chi connectivity index (χ1n) is 5.74. The van der Waals surface area contributed by atoms with E-state index in [2.05, 4.69) is 41.7 Å². The van der Waals surface area contributed by atoms with Crippen LogP contribution in [0.5, 0.6) is 0 Å². The third-order valence-corrected chi connectivity index (χ3v) is 4.24. The second-order valence-corrected chi connectivity index (χ2v) is 5.42. The minimum atomic E-state index is 0.720. The minimum absolute atomic E-state index is 0.720. The van der Waals surface area contributed by atoms with E-state index in [9.17, 15) is 0 Å². The van der Waals surface area contributed by atoms with Crippen LogP contribution in [0.3, 0.4) is 0 Å². The monoisotopic (exact) mass is 224 g/mol. The van der Waals surface area contributed by atoms with Crippen molar-refractivity contribution in [2.45, 2.75) is 25.9 Å². The molecule has 1 saturated heterocycles. The lowest BCUT2D eigenvalue weighted by atomic mass is 10.00. The Kier molecular flexibility index (Phi) is 3.78. The number of nitrogens with one attached hydrogen (secondary N) is 1. The topological polar surface area (TPSA) is 15.3 Å². The molecule has 0 radical (unpaired) electrons. The fourth-order valence-electron chi connectivity index (χ4n) is 2.42. The molecule has 84 valence electrons. The van der Waals surface area contributed by atoms with E-state index in [0.29, 0.717) is 0 Å². The van der Waals surface area contributed by atoms with Gasteiger partial charge in [-0.25, -0.2) is 0 Å². The maximum atomic E-state index is 3.50. The van der Waals surface area contributed by atoms with Crippen molar-refractivity contribution >= 4 is 11.3 Å². The third kappa shape index (κ3) is 2.60. The van der Waals surface area contributed by atoms with Gasteiger partial charge in [-0.1, -0.05) is 19.4 Å². The normalized spacial score (nSPS) is 26.3. The Balaban J connectivity index is 1.92. The molecule has 2 atom stereocenters. The zero-order valence-corrected chi connectivity index (χ0v) is 10.4. The molecule has 0 spiro atoms. The summed E-state index contributed by atoms with van der Waals surface area (Å²) in [6.07, 6.45) is 1.28. The average Bonchev–Trinajstić information content (AvgIpc) is 2.86. The van der Waals surface area contributed by atoms with Crippen LogP contribution < -0.4 is 5.32 Å². The lowest BCUT2D eigenvalue weighted by Gasteiger charge is -2.27. The summed E-state index contributed by atoms with van der Waals surface area (Å²) in [5, 5.41) is 5.66. The van der Waals surface area contributed by atoms with Crippen LogP contribution in [-0.4, -0.2) is 31.1 Å². The fraction of sp³-hybridized carbons (Fsp3) is 0.667. The van der Waals surface area contributed by atoms with Gasteiger partial charge in [-0.05, 0) is 31.0 Å². The molecule has 0 amide bonds. The van der Waals surface area contributed by atoms with E-state index in [0.717, 1.165) is 25.0 Å². The molecule has 0 aliphatic carbocycles. The van der Waals surface area contributed by atoms with E-state index in [4.69, 9.17) is 0 Å². The molecule has 1 aliphatic rings. The van der Waals surface area contributed by atoms with Gasteiger partial charge in [0.25, 0.3) is 0 Å². The molecule has 2 heterocycles. The molecule has 15 heavy (non-hydrogen) atoms. The minimum Gasteiger partial charge on any atom is -0.315 e. The van der Waals surface area contributed by atoms with Gasteiger partial charge in [0.1, 0.15) is 0 Å². The van der Waals surface area contributed by atoms with Gasteiger partial charge in [-0.3, -0.25) is 4.90 Å². The Hall–Kier alpha value is -0.380. The van der Waals surface area contributed by atoms with Crippen molar-refractivity contribution in [1.29, 1.82) is 0 Å². The summed E-state index contributed by atoms with van der Waals surface area (Å²) in [7, 11) is 2.25. The molecule has 0 saturated carbocycles. The standard InChI is InChI=1S/C12H20N2S/c1-3-10-7-13-8-12(10)14(2)9-11-5-4-6-15-11/h4-6,10,12-13H,3,7-9H2,1-2H3. The molecular weight excluding hydrogens is 204 g/mol. The van der Waals surface area contributed by atoms with E-state index in [-0.39, 0.29) is 0 Å². The van der Waals surface area contributed by atoms with Gasteiger partial charge in [-0.2, -0.15) is 0 Å². The lowest BCUT2D eigenvalue weighted by Crippen LogP contribution is -2.37. The van der Waals surface area contributed by atoms with Gasteiger partial charge in [-0.15, -0.1) is 11.3 Å². The largest absolute Gasteiger partial charge is 0.315 e. The maximum absolute atomic E-state index is 3.50. The first-order chi connectivity index (χ1) is 7.31. The summed E-state index contributed by atoms with van der Waals surface area (Å²) in [4.78, 5) is 3.97. The zero-order chi connectivity index (χ0) is 10.7. The Morgan fingerprint density at radius 3 is 3.07 bits per heavy atom. The Bertz CT molecular complexity index is 284. The summed E-state index contributed by atoms with van der Waals surface area (Å²) < 4.78 is 0. The van der Waals surface area contributed by atoms with E-state index < -0.39 is 0 Å². The molecule has 1 fully saturated rings. The van der Waals surface area contributed by atoms with Gasteiger partial charge < -0.3 is 5.32 Å². The lowest BCUT2D eigenvalue weighted by molar-refractivity contribution is 0.202. The first kappa shape index (κ1) is 11.1. The van der Waals surface area contributed by atoms with E-state index in [1.165, 1.54) is 17.8 Å². The van der Waals surface area contributed by atoms with Crippen LogP contribution in [0.25, 0.3) is 0 Å². The van der Waals surface area contributed by atoms with Crippen molar-refractivity contribution in [3.05, 3.63) is 22.4 Å². The van der Waals surface area contributed by atoms with E-state index in [1.807, 2.05) is 11.3 Å². The predicted octanol–water partition coefficient (Wildman–Crippen LogP) is 2.18. The van der Waals surface area contributed by atoms with Crippen LogP contribution in [0.2, 0.25) is 0 Å². The van der Waals surface area contributed by atoms with Crippen LogP contribution in [-0.2, 0) is 6.54 Å². The van der Waals surface area contributed by atoms with Crippen LogP contribution in [0.4, 0.5) is 0 Å². The highest BCUT2D eigenvalue weighted by atomic mass is 32.1. The molecule has 0 bridgehead atoms. The predicted molar refractivity (Wildman–Crippen MR) is 66.2 cm³/mol. The number of nitrogens with zero attached hydrogens (tertiary/aromatic N) is 1. The molecule has 2 nitrogen and oxygen atoms in total. The van der Waals surface area contributed by atoms with Gasteiger partial charge in [0.15, 0.2) is 0 Å². The highest BCUT2D eigenvalue weighted by molar-refractivity contribution is 7.09. The van der Waals surface area contributed by atoms with E-state index in [1.54, 1.807) is 0 Å².